The molecule has 5 rings (SSSR count). The molecule has 0 aliphatic carbocycles. The summed E-state index contributed by atoms with van der Waals surface area (Å²) in [5.74, 6) is -0.419. The fraction of sp³-hybridized carbons (Fsp3) is 0.404. The summed E-state index contributed by atoms with van der Waals surface area (Å²) in [5.41, 5.74) is 4.79. The molecule has 13 nitrogen and oxygen atoms in total. The molecule has 0 fully saturated rings. The lowest BCUT2D eigenvalue weighted by Gasteiger charge is -2.25. The highest BCUT2D eigenvalue weighted by Crippen LogP contribution is 2.36. The summed E-state index contributed by atoms with van der Waals surface area (Å²) >= 11 is 0. The highest BCUT2D eigenvalue weighted by atomic mass is 16.5. The number of aryl methyl sites for hydroxylation is 1. The fourth-order valence-electron chi connectivity index (χ4n) is 6.80. The summed E-state index contributed by atoms with van der Waals surface area (Å²) in [4.78, 5) is 49.8. The van der Waals surface area contributed by atoms with Crippen molar-refractivity contribution in [2.24, 2.45) is 0 Å². The number of phenols is 1. The van der Waals surface area contributed by atoms with E-state index < -0.39 is 18.0 Å². The van der Waals surface area contributed by atoms with E-state index in [1.54, 1.807) is 34.9 Å². The first-order valence-electron chi connectivity index (χ1n) is 21.0. The summed E-state index contributed by atoms with van der Waals surface area (Å²) in [6.45, 7) is 14.8. The van der Waals surface area contributed by atoms with Crippen molar-refractivity contribution < 1.29 is 24.2 Å². The number of nitrogens with one attached hydrogen (secondary N) is 4. The molecule has 0 radical (unpaired) electrons. The van der Waals surface area contributed by atoms with Gasteiger partial charge in [0.1, 0.15) is 23.5 Å². The Morgan fingerprint density at radius 1 is 0.883 bits per heavy atom. The number of urea groups is 1. The molecule has 60 heavy (non-hydrogen) atoms. The lowest BCUT2D eigenvalue weighted by atomic mass is 9.81. The van der Waals surface area contributed by atoms with Crippen molar-refractivity contribution in [1.82, 2.24) is 19.9 Å². The van der Waals surface area contributed by atoms with E-state index in [0.717, 1.165) is 56.9 Å². The molecule has 2 aromatic heterocycles. The van der Waals surface area contributed by atoms with Gasteiger partial charge in [0, 0.05) is 17.8 Å². The van der Waals surface area contributed by atoms with Gasteiger partial charge in [-0.1, -0.05) is 79.4 Å². The molecule has 4 amide bonds. The summed E-state index contributed by atoms with van der Waals surface area (Å²) in [7, 11) is 0. The highest BCUT2D eigenvalue weighted by molar-refractivity contribution is 6.03. The van der Waals surface area contributed by atoms with Gasteiger partial charge in [0.2, 0.25) is 0 Å². The molecule has 0 aliphatic heterocycles. The van der Waals surface area contributed by atoms with Gasteiger partial charge in [-0.25, -0.2) is 14.8 Å². The van der Waals surface area contributed by atoms with Gasteiger partial charge < -0.3 is 31.1 Å². The van der Waals surface area contributed by atoms with Crippen molar-refractivity contribution in [3.63, 3.8) is 0 Å². The Hall–Kier alpha value is -6.42. The standard InChI is InChI=1S/C47H58N8O5/c1-8-12-14-15-33(10-3)51-44(57)38-24-35-40(28-49-38)55(29-50-35)39-25-37(54-46(59)52-34-20-17-31(27-48)18-21-34)41(56)26-36(39)53-45(58)43(16-13-9-2)60-42-22-19-32(23-30(42)5)47(6,7)11-4/h17-26,28-29,33,43,56H,8-16H2,1-7H3,(H,51,57)(H,53,58)(H2,52,54,59). The van der Waals surface area contributed by atoms with E-state index in [-0.39, 0.29) is 40.2 Å². The maximum Gasteiger partial charge on any atom is 0.323 e. The molecule has 2 unspecified atom stereocenters. The smallest absolute Gasteiger partial charge is 0.323 e. The third-order valence-corrected chi connectivity index (χ3v) is 11.0. The van der Waals surface area contributed by atoms with Gasteiger partial charge >= 0.3 is 6.03 Å². The number of benzene rings is 3. The molecule has 0 spiro atoms. The van der Waals surface area contributed by atoms with Crippen LogP contribution in [0.3, 0.4) is 0 Å². The first-order valence-corrected chi connectivity index (χ1v) is 21.0. The number of hydrogen-bond donors (Lipinski definition) is 5. The van der Waals surface area contributed by atoms with Gasteiger partial charge in [-0.05, 0) is 98.0 Å². The average molecular weight is 815 g/mol. The molecule has 3 aromatic carbocycles. The van der Waals surface area contributed by atoms with Crippen molar-refractivity contribution in [2.75, 3.05) is 16.0 Å². The number of rotatable bonds is 19. The Labute approximate surface area is 353 Å². The number of imidazole rings is 1. The summed E-state index contributed by atoms with van der Waals surface area (Å²) < 4.78 is 8.10. The number of aromatic nitrogens is 3. The van der Waals surface area contributed by atoms with Gasteiger partial charge in [-0.15, -0.1) is 0 Å². The van der Waals surface area contributed by atoms with Crippen LogP contribution in [0.15, 0.2) is 73.2 Å². The lowest BCUT2D eigenvalue weighted by molar-refractivity contribution is -0.123. The number of aromatic hydroxyl groups is 1. The van der Waals surface area contributed by atoms with Crippen molar-refractivity contribution >= 4 is 45.9 Å². The number of carbonyl (C=O) groups excluding carboxylic acids is 3. The Bertz CT molecular complexity index is 2330. The van der Waals surface area contributed by atoms with Crippen LogP contribution in [0.4, 0.5) is 21.9 Å². The number of anilines is 3. The Morgan fingerprint density at radius 3 is 2.30 bits per heavy atom. The minimum Gasteiger partial charge on any atom is -0.506 e. The molecule has 5 N–H and O–H groups in total. The van der Waals surface area contributed by atoms with E-state index in [4.69, 9.17) is 10.00 Å². The maximum absolute atomic E-state index is 14.2. The normalized spacial score (nSPS) is 12.3. The van der Waals surface area contributed by atoms with Crippen molar-refractivity contribution in [3.05, 3.63) is 95.6 Å². The third-order valence-electron chi connectivity index (χ3n) is 11.0. The van der Waals surface area contributed by atoms with Crippen LogP contribution in [0.25, 0.3) is 16.7 Å². The molecule has 2 atom stereocenters. The highest BCUT2D eigenvalue weighted by Gasteiger charge is 2.26. The number of phenolic OH excluding ortho intramolecular Hbond substituents is 1. The first kappa shape index (κ1) is 44.7. The number of hydrogen-bond acceptors (Lipinski definition) is 8. The van der Waals surface area contributed by atoms with E-state index in [1.807, 2.05) is 39.0 Å². The van der Waals surface area contributed by atoms with Gasteiger partial charge in [-0.3, -0.25) is 14.2 Å². The molecule has 316 valence electrons. The molecule has 2 heterocycles. The summed E-state index contributed by atoms with van der Waals surface area (Å²) in [5, 5.41) is 31.9. The van der Waals surface area contributed by atoms with Gasteiger partial charge in [-0.2, -0.15) is 5.26 Å². The monoisotopic (exact) mass is 814 g/mol. The predicted molar refractivity (Wildman–Crippen MR) is 237 cm³/mol. The Morgan fingerprint density at radius 2 is 1.63 bits per heavy atom. The quantitative estimate of drug-likeness (QED) is 0.0403. The predicted octanol–water partition coefficient (Wildman–Crippen LogP) is 10.3. The topological polar surface area (TPSA) is 183 Å². The summed E-state index contributed by atoms with van der Waals surface area (Å²) in [6, 6.07) is 18.3. The zero-order valence-corrected chi connectivity index (χ0v) is 35.8. The average Bonchev–Trinajstić information content (AvgIpc) is 3.66. The minimum atomic E-state index is -0.865. The van der Waals surface area contributed by atoms with Crippen LogP contribution in [-0.2, 0) is 10.2 Å². The van der Waals surface area contributed by atoms with Crippen LogP contribution in [0.2, 0.25) is 0 Å². The van der Waals surface area contributed by atoms with Gasteiger partial charge in [0.05, 0.1) is 45.9 Å². The van der Waals surface area contributed by atoms with Crippen LogP contribution < -0.4 is 26.0 Å². The van der Waals surface area contributed by atoms with E-state index in [1.165, 1.54) is 30.2 Å². The van der Waals surface area contributed by atoms with Crippen molar-refractivity contribution in [1.29, 1.82) is 5.26 Å². The lowest BCUT2D eigenvalue weighted by Crippen LogP contribution is -2.34. The molecule has 0 saturated heterocycles. The van der Waals surface area contributed by atoms with Crippen molar-refractivity contribution in [2.45, 2.75) is 124 Å². The number of pyridine rings is 1. The number of carbonyl (C=O) groups is 3. The largest absolute Gasteiger partial charge is 0.506 e. The second kappa shape index (κ2) is 20.5. The molecular formula is C47H58N8O5. The Kier molecular flexibility index (Phi) is 15.3. The first-order chi connectivity index (χ1) is 28.8. The fourth-order valence-corrected chi connectivity index (χ4v) is 6.80. The number of fused-ring (bicyclic) bond motifs is 1. The molecule has 0 bridgehead atoms. The molecular weight excluding hydrogens is 757 g/mol. The summed E-state index contributed by atoms with van der Waals surface area (Å²) in [6.07, 6.45) is 10.1. The SMILES string of the molecule is CCCCCC(CC)NC(=O)c1cc2ncn(-c3cc(NC(=O)Nc4ccc(C#N)cc4)c(O)cc3NC(=O)C(CCCC)Oc3ccc(C(C)(C)CC)cc3C)c2cn1. The zero-order valence-electron chi connectivity index (χ0n) is 35.8. The molecule has 5 aromatic rings. The zero-order chi connectivity index (χ0) is 43.4. The van der Waals surface area contributed by atoms with E-state index >= 15 is 0 Å². The Balaban J connectivity index is 1.49. The van der Waals surface area contributed by atoms with Crippen LogP contribution in [0, 0.1) is 18.3 Å². The van der Waals surface area contributed by atoms with Crippen LogP contribution in [-0.4, -0.2) is 49.6 Å². The van der Waals surface area contributed by atoms with Crippen molar-refractivity contribution in [3.8, 4) is 23.3 Å². The third kappa shape index (κ3) is 11.2. The minimum absolute atomic E-state index is 0.0149. The number of nitriles is 1. The molecule has 13 heteroatoms. The van der Waals surface area contributed by atoms with Crippen LogP contribution in [0.5, 0.6) is 11.5 Å². The van der Waals surface area contributed by atoms with Gasteiger partial charge in [0.15, 0.2) is 6.10 Å². The van der Waals surface area contributed by atoms with Gasteiger partial charge in [0.25, 0.3) is 11.8 Å². The van der Waals surface area contributed by atoms with Crippen LogP contribution in [0.1, 0.15) is 127 Å². The number of unbranched alkanes of at least 4 members (excludes halogenated alkanes) is 3. The number of amides is 4. The van der Waals surface area contributed by atoms with E-state index in [9.17, 15) is 19.5 Å². The molecule has 0 aliphatic rings. The second-order valence-electron chi connectivity index (χ2n) is 15.9. The second-order valence-corrected chi connectivity index (χ2v) is 15.9. The number of nitrogens with zero attached hydrogens (tertiary/aromatic N) is 4. The van der Waals surface area contributed by atoms with E-state index in [0.29, 0.717) is 40.1 Å². The maximum atomic E-state index is 14.2. The van der Waals surface area contributed by atoms with E-state index in [2.05, 4.69) is 65.0 Å². The number of ether oxygens (including phenoxy) is 1. The van der Waals surface area contributed by atoms with Crippen LogP contribution >= 0.6 is 0 Å². The molecule has 0 saturated carbocycles.